The minimum atomic E-state index is 0.858. The Morgan fingerprint density at radius 2 is 0.887 bits per heavy atom. The maximum Gasteiger partial charge on any atom is 0.137 e. The van der Waals surface area contributed by atoms with Crippen molar-refractivity contribution in [3.63, 3.8) is 0 Å². The summed E-state index contributed by atoms with van der Waals surface area (Å²) >= 11 is 0. The molecule has 9 aromatic carbocycles. The van der Waals surface area contributed by atoms with Gasteiger partial charge in [0.15, 0.2) is 0 Å². The summed E-state index contributed by atoms with van der Waals surface area (Å²) in [6.45, 7) is 0. The van der Waals surface area contributed by atoms with E-state index in [0.717, 1.165) is 77.6 Å². The third-order valence-electron chi connectivity index (χ3n) is 10.6. The van der Waals surface area contributed by atoms with Gasteiger partial charge in [0.2, 0.25) is 0 Å². The molecule has 11 aromatic rings. The van der Waals surface area contributed by atoms with Crippen LogP contribution in [0.5, 0.6) is 0 Å². The number of furan rings is 2. The molecule has 11 rings (SSSR count). The fraction of sp³-hybridized carbons (Fsp3) is 0. The lowest BCUT2D eigenvalue weighted by Crippen LogP contribution is -2.10. The maximum atomic E-state index is 6.42. The zero-order valence-electron chi connectivity index (χ0n) is 28.7. The van der Waals surface area contributed by atoms with E-state index in [2.05, 4.69) is 169 Å². The lowest BCUT2D eigenvalue weighted by molar-refractivity contribution is 0.668. The van der Waals surface area contributed by atoms with E-state index in [1.807, 2.05) is 24.3 Å². The summed E-state index contributed by atoms with van der Waals surface area (Å²) in [4.78, 5) is 2.38. The van der Waals surface area contributed by atoms with E-state index in [-0.39, 0.29) is 0 Å². The molecule has 0 bridgehead atoms. The molecule has 2 heterocycles. The second kappa shape index (κ2) is 11.7. The van der Waals surface area contributed by atoms with Crippen LogP contribution >= 0.6 is 0 Å². The highest BCUT2D eigenvalue weighted by Gasteiger charge is 2.21. The summed E-state index contributed by atoms with van der Waals surface area (Å²) in [6, 6.07) is 66.9. The average Bonchev–Trinajstić information content (AvgIpc) is 3.79. The van der Waals surface area contributed by atoms with Gasteiger partial charge in [0.05, 0.1) is 11.1 Å². The molecule has 0 aliphatic rings. The molecule has 0 saturated heterocycles. The minimum Gasteiger partial charge on any atom is -0.456 e. The van der Waals surface area contributed by atoms with Crippen molar-refractivity contribution in [3.8, 4) is 22.3 Å². The van der Waals surface area contributed by atoms with Crippen LogP contribution in [0.4, 0.5) is 17.1 Å². The third kappa shape index (κ3) is 4.75. The van der Waals surface area contributed by atoms with Crippen molar-refractivity contribution in [2.24, 2.45) is 0 Å². The fourth-order valence-electron chi connectivity index (χ4n) is 8.21. The number of hydrogen-bond donors (Lipinski definition) is 0. The Labute approximate surface area is 305 Å². The van der Waals surface area contributed by atoms with Gasteiger partial charge in [-0.1, -0.05) is 121 Å². The number of rotatable bonds is 5. The molecule has 0 aliphatic carbocycles. The second-order valence-corrected chi connectivity index (χ2v) is 13.7. The molecule has 0 amide bonds. The average molecular weight is 678 g/mol. The van der Waals surface area contributed by atoms with Gasteiger partial charge in [-0.05, 0) is 111 Å². The van der Waals surface area contributed by atoms with Crippen molar-refractivity contribution < 1.29 is 8.83 Å². The molecule has 0 N–H and O–H groups in total. The Kier molecular flexibility index (Phi) is 6.55. The Morgan fingerprint density at radius 3 is 1.72 bits per heavy atom. The number of anilines is 3. The van der Waals surface area contributed by atoms with Gasteiger partial charge in [-0.15, -0.1) is 0 Å². The summed E-state index contributed by atoms with van der Waals surface area (Å²) in [7, 11) is 0. The molecule has 3 nitrogen and oxygen atoms in total. The van der Waals surface area contributed by atoms with Gasteiger partial charge in [-0.2, -0.15) is 0 Å². The third-order valence-corrected chi connectivity index (χ3v) is 10.6. The standard InChI is InChI=1S/C50H31NO2/c1-2-17-38-35(12-1)30-44(40-19-4-3-18-39(38)40)34-14-10-16-37(29-34)51(45-22-11-25-48-50(45)43-21-6-8-24-47(43)52-48)36-15-9-13-32(28-36)33-26-27-42-41-20-5-7-23-46(41)53-49(42)31-33/h1-31H. The van der Waals surface area contributed by atoms with E-state index in [0.29, 0.717) is 0 Å². The highest BCUT2D eigenvalue weighted by atomic mass is 16.3. The number of fused-ring (bicyclic) bond motifs is 9. The van der Waals surface area contributed by atoms with Crippen molar-refractivity contribution in [3.05, 3.63) is 188 Å². The lowest BCUT2D eigenvalue weighted by Gasteiger charge is -2.27. The fourth-order valence-corrected chi connectivity index (χ4v) is 8.21. The van der Waals surface area contributed by atoms with Crippen LogP contribution in [0.15, 0.2) is 197 Å². The molecular formula is C50H31NO2. The quantitative estimate of drug-likeness (QED) is 0.170. The molecule has 2 aromatic heterocycles. The van der Waals surface area contributed by atoms with Gasteiger partial charge in [0.1, 0.15) is 22.3 Å². The Bertz CT molecular complexity index is 3200. The van der Waals surface area contributed by atoms with Crippen LogP contribution in [0.2, 0.25) is 0 Å². The van der Waals surface area contributed by atoms with Crippen molar-refractivity contribution in [1.29, 1.82) is 0 Å². The molecule has 0 radical (unpaired) electrons. The topological polar surface area (TPSA) is 29.5 Å². The molecule has 0 spiro atoms. The number of benzene rings is 9. The highest BCUT2D eigenvalue weighted by Crippen LogP contribution is 2.45. The largest absolute Gasteiger partial charge is 0.456 e. The van der Waals surface area contributed by atoms with Gasteiger partial charge in [-0.3, -0.25) is 0 Å². The molecule has 53 heavy (non-hydrogen) atoms. The van der Waals surface area contributed by atoms with E-state index in [1.54, 1.807) is 0 Å². The van der Waals surface area contributed by atoms with Crippen molar-refractivity contribution >= 4 is 82.5 Å². The number of hydrogen-bond acceptors (Lipinski definition) is 3. The van der Waals surface area contributed by atoms with E-state index in [9.17, 15) is 0 Å². The molecular weight excluding hydrogens is 647 g/mol. The number of nitrogens with zero attached hydrogens (tertiary/aromatic N) is 1. The molecule has 248 valence electrons. The second-order valence-electron chi connectivity index (χ2n) is 13.7. The predicted molar refractivity (Wildman–Crippen MR) is 222 cm³/mol. The molecule has 0 saturated carbocycles. The minimum absolute atomic E-state index is 0.858. The van der Waals surface area contributed by atoms with Gasteiger partial charge in [-0.25, -0.2) is 0 Å². The summed E-state index contributed by atoms with van der Waals surface area (Å²) in [5.74, 6) is 0. The van der Waals surface area contributed by atoms with Crippen molar-refractivity contribution in [1.82, 2.24) is 0 Å². The molecule has 0 unspecified atom stereocenters. The Balaban J connectivity index is 1.13. The molecule has 3 heteroatoms. The van der Waals surface area contributed by atoms with Crippen LogP contribution in [-0.4, -0.2) is 0 Å². The SMILES string of the molecule is c1cc(-c2ccc3c(c2)oc2ccccc23)cc(N(c2cccc(-c3cc4ccccc4c4ccccc34)c2)c2cccc3oc4ccccc4c23)c1. The summed E-state index contributed by atoms with van der Waals surface area (Å²) in [5.41, 5.74) is 11.3. The van der Waals surface area contributed by atoms with E-state index >= 15 is 0 Å². The smallest absolute Gasteiger partial charge is 0.137 e. The van der Waals surface area contributed by atoms with E-state index in [4.69, 9.17) is 8.83 Å². The van der Waals surface area contributed by atoms with Crippen LogP contribution in [0, 0.1) is 0 Å². The first-order valence-electron chi connectivity index (χ1n) is 18.0. The predicted octanol–water partition coefficient (Wildman–Crippen LogP) is 14.6. The van der Waals surface area contributed by atoms with Crippen molar-refractivity contribution in [2.75, 3.05) is 4.90 Å². The summed E-state index contributed by atoms with van der Waals surface area (Å²) in [5, 5.41) is 9.41. The maximum absolute atomic E-state index is 6.42. The van der Waals surface area contributed by atoms with E-state index < -0.39 is 0 Å². The first kappa shape index (κ1) is 29.6. The first-order valence-corrected chi connectivity index (χ1v) is 18.0. The van der Waals surface area contributed by atoms with Crippen LogP contribution in [0.1, 0.15) is 0 Å². The zero-order chi connectivity index (χ0) is 34.9. The Morgan fingerprint density at radius 1 is 0.321 bits per heavy atom. The molecule has 0 aliphatic heterocycles. The monoisotopic (exact) mass is 677 g/mol. The van der Waals surface area contributed by atoms with Crippen LogP contribution in [0.3, 0.4) is 0 Å². The molecule has 0 atom stereocenters. The van der Waals surface area contributed by atoms with Gasteiger partial charge < -0.3 is 13.7 Å². The zero-order valence-corrected chi connectivity index (χ0v) is 28.7. The highest BCUT2D eigenvalue weighted by molar-refractivity contribution is 6.15. The van der Waals surface area contributed by atoms with Gasteiger partial charge in [0.25, 0.3) is 0 Å². The van der Waals surface area contributed by atoms with Crippen LogP contribution in [-0.2, 0) is 0 Å². The normalized spacial score (nSPS) is 11.8. The summed E-state index contributed by atoms with van der Waals surface area (Å²) in [6.07, 6.45) is 0. The van der Waals surface area contributed by atoms with Gasteiger partial charge in [0, 0.05) is 27.5 Å². The van der Waals surface area contributed by atoms with Crippen LogP contribution < -0.4 is 4.90 Å². The molecule has 0 fully saturated rings. The van der Waals surface area contributed by atoms with Crippen molar-refractivity contribution in [2.45, 2.75) is 0 Å². The number of para-hydroxylation sites is 2. The Hall–Kier alpha value is -7.10. The summed E-state index contributed by atoms with van der Waals surface area (Å²) < 4.78 is 12.7. The lowest BCUT2D eigenvalue weighted by atomic mass is 9.93. The van der Waals surface area contributed by atoms with Crippen LogP contribution in [0.25, 0.3) is 87.7 Å². The van der Waals surface area contributed by atoms with E-state index in [1.165, 1.54) is 27.1 Å². The first-order chi connectivity index (χ1) is 26.3. The van der Waals surface area contributed by atoms with Gasteiger partial charge >= 0.3 is 0 Å².